The Morgan fingerprint density at radius 2 is 2.11 bits per heavy atom. The summed E-state index contributed by atoms with van der Waals surface area (Å²) < 4.78 is 1.30. The van der Waals surface area contributed by atoms with E-state index in [9.17, 15) is 0 Å². The third-order valence-electron chi connectivity index (χ3n) is 3.83. The van der Waals surface area contributed by atoms with Gasteiger partial charge in [-0.25, -0.2) is 4.98 Å². The second-order valence-corrected chi connectivity index (χ2v) is 6.47. The molecule has 1 saturated heterocycles. The average molecular weight is 275 g/mol. The van der Waals surface area contributed by atoms with Gasteiger partial charge < -0.3 is 10.2 Å². The van der Waals surface area contributed by atoms with Gasteiger partial charge in [-0.2, -0.15) is 0 Å². The third-order valence-corrected chi connectivity index (χ3v) is 4.92. The number of likely N-dealkylation sites (tertiary alicyclic amines) is 1. The van der Waals surface area contributed by atoms with Gasteiger partial charge in [0.05, 0.1) is 15.2 Å². The second-order valence-electron chi connectivity index (χ2n) is 5.36. The molecule has 19 heavy (non-hydrogen) atoms. The van der Waals surface area contributed by atoms with Crippen LogP contribution in [0.5, 0.6) is 0 Å². The number of nitrogens with zero attached hydrogens (tertiary/aromatic N) is 2. The smallest absolute Gasteiger partial charge is 0.0951 e. The normalized spacial score (nSPS) is 18.2. The molecule has 1 aromatic carbocycles. The molecule has 0 amide bonds. The first-order valence-electron chi connectivity index (χ1n) is 7.07. The van der Waals surface area contributed by atoms with Gasteiger partial charge in [-0.3, -0.25) is 0 Å². The summed E-state index contributed by atoms with van der Waals surface area (Å²) in [7, 11) is 2.21. The van der Waals surface area contributed by atoms with Crippen molar-refractivity contribution in [1.29, 1.82) is 0 Å². The summed E-state index contributed by atoms with van der Waals surface area (Å²) in [6.45, 7) is 3.49. The van der Waals surface area contributed by atoms with E-state index in [1.54, 1.807) is 0 Å². The van der Waals surface area contributed by atoms with Crippen molar-refractivity contribution in [2.75, 3.05) is 26.7 Å². The Morgan fingerprint density at radius 3 is 2.89 bits per heavy atom. The molecule has 0 aliphatic carbocycles. The zero-order chi connectivity index (χ0) is 13.1. The van der Waals surface area contributed by atoms with E-state index in [2.05, 4.69) is 46.5 Å². The van der Waals surface area contributed by atoms with Crippen LogP contribution in [-0.4, -0.2) is 42.6 Å². The van der Waals surface area contributed by atoms with Crippen LogP contribution in [0.3, 0.4) is 0 Å². The Labute approximate surface area is 118 Å². The minimum Gasteiger partial charge on any atom is -0.313 e. The fourth-order valence-corrected chi connectivity index (χ4v) is 3.59. The molecule has 2 aromatic rings. The summed E-state index contributed by atoms with van der Waals surface area (Å²) >= 11 is 1.82. The van der Waals surface area contributed by atoms with Crippen molar-refractivity contribution >= 4 is 21.6 Å². The lowest BCUT2D eigenvalue weighted by molar-refractivity contribution is 0.235. The van der Waals surface area contributed by atoms with E-state index in [0.717, 1.165) is 18.5 Å². The Hall–Kier alpha value is -0.970. The second kappa shape index (κ2) is 5.99. The lowest BCUT2D eigenvalue weighted by Crippen LogP contribution is -2.41. The van der Waals surface area contributed by atoms with E-state index in [0.29, 0.717) is 6.04 Å². The molecular weight excluding hydrogens is 254 g/mol. The van der Waals surface area contributed by atoms with Crippen LogP contribution < -0.4 is 5.32 Å². The molecular formula is C15H21N3S. The molecule has 0 saturated carbocycles. The van der Waals surface area contributed by atoms with E-state index in [1.165, 1.54) is 35.6 Å². The molecule has 102 valence electrons. The van der Waals surface area contributed by atoms with Crippen LogP contribution in [-0.2, 0) is 6.42 Å². The first kappa shape index (κ1) is 13.0. The maximum Gasteiger partial charge on any atom is 0.0951 e. The molecule has 4 heteroatoms. The highest BCUT2D eigenvalue weighted by Gasteiger charge is 2.15. The Kier molecular flexibility index (Phi) is 4.11. The number of fused-ring (bicyclic) bond motifs is 1. The summed E-state index contributed by atoms with van der Waals surface area (Å²) in [5, 5.41) is 4.93. The minimum absolute atomic E-state index is 0.700. The largest absolute Gasteiger partial charge is 0.313 e. The summed E-state index contributed by atoms with van der Waals surface area (Å²) in [4.78, 5) is 7.09. The third kappa shape index (κ3) is 3.32. The summed E-state index contributed by atoms with van der Waals surface area (Å²) in [5.74, 6) is 0. The SMILES string of the molecule is CN1CCC(NCCc2nc3ccccc3s2)CC1. The van der Waals surface area contributed by atoms with E-state index in [-0.39, 0.29) is 0 Å². The van der Waals surface area contributed by atoms with Gasteiger partial charge in [0.15, 0.2) is 0 Å². The molecule has 1 N–H and O–H groups in total. The molecule has 0 spiro atoms. The van der Waals surface area contributed by atoms with Crippen molar-refractivity contribution < 1.29 is 0 Å². The molecule has 3 nitrogen and oxygen atoms in total. The monoisotopic (exact) mass is 275 g/mol. The molecule has 0 bridgehead atoms. The highest BCUT2D eigenvalue weighted by atomic mass is 32.1. The molecule has 1 aromatic heterocycles. The maximum atomic E-state index is 4.68. The van der Waals surface area contributed by atoms with Crippen molar-refractivity contribution in [3.05, 3.63) is 29.3 Å². The number of rotatable bonds is 4. The van der Waals surface area contributed by atoms with Gasteiger partial charge in [-0.15, -0.1) is 11.3 Å². The van der Waals surface area contributed by atoms with Gasteiger partial charge >= 0.3 is 0 Å². The topological polar surface area (TPSA) is 28.2 Å². The lowest BCUT2D eigenvalue weighted by atomic mass is 10.1. The number of thiazole rings is 1. The van der Waals surface area contributed by atoms with Gasteiger partial charge in [0.25, 0.3) is 0 Å². The zero-order valence-electron chi connectivity index (χ0n) is 11.4. The highest BCUT2D eigenvalue weighted by Crippen LogP contribution is 2.21. The van der Waals surface area contributed by atoms with Gasteiger partial charge in [0.1, 0.15) is 0 Å². The van der Waals surface area contributed by atoms with E-state index < -0.39 is 0 Å². The van der Waals surface area contributed by atoms with E-state index in [4.69, 9.17) is 0 Å². The van der Waals surface area contributed by atoms with Crippen LogP contribution in [0.4, 0.5) is 0 Å². The predicted octanol–water partition coefficient (Wildman–Crippen LogP) is 2.52. The Bertz CT molecular complexity index is 496. The highest BCUT2D eigenvalue weighted by molar-refractivity contribution is 7.18. The Morgan fingerprint density at radius 1 is 1.32 bits per heavy atom. The van der Waals surface area contributed by atoms with Crippen molar-refractivity contribution in [3.8, 4) is 0 Å². The van der Waals surface area contributed by atoms with Crippen LogP contribution in [0.2, 0.25) is 0 Å². The fourth-order valence-electron chi connectivity index (χ4n) is 2.62. The average Bonchev–Trinajstić information content (AvgIpc) is 2.83. The molecule has 0 unspecified atom stereocenters. The number of para-hydroxylation sites is 1. The molecule has 0 radical (unpaired) electrons. The van der Waals surface area contributed by atoms with Gasteiger partial charge in [-0.1, -0.05) is 12.1 Å². The first-order chi connectivity index (χ1) is 9.31. The fraction of sp³-hybridized carbons (Fsp3) is 0.533. The van der Waals surface area contributed by atoms with Crippen LogP contribution in [0.25, 0.3) is 10.2 Å². The summed E-state index contributed by atoms with van der Waals surface area (Å²) in [5.41, 5.74) is 1.14. The number of hydrogen-bond donors (Lipinski definition) is 1. The number of benzene rings is 1. The quantitative estimate of drug-likeness (QED) is 0.929. The standard InChI is InChI=1S/C15H21N3S/c1-18-10-7-12(8-11-18)16-9-6-15-17-13-4-2-3-5-14(13)19-15/h2-5,12,16H,6-11H2,1H3. The molecule has 0 atom stereocenters. The number of nitrogens with one attached hydrogen (secondary N) is 1. The van der Waals surface area contributed by atoms with Crippen LogP contribution in [0.1, 0.15) is 17.8 Å². The first-order valence-corrected chi connectivity index (χ1v) is 7.89. The summed E-state index contributed by atoms with van der Waals surface area (Å²) in [6.07, 6.45) is 3.60. The zero-order valence-corrected chi connectivity index (χ0v) is 12.2. The molecule has 1 aliphatic heterocycles. The van der Waals surface area contributed by atoms with Gasteiger partial charge in [-0.05, 0) is 45.1 Å². The van der Waals surface area contributed by atoms with Crippen molar-refractivity contribution in [3.63, 3.8) is 0 Å². The van der Waals surface area contributed by atoms with E-state index in [1.807, 2.05) is 11.3 Å². The molecule has 3 rings (SSSR count). The lowest BCUT2D eigenvalue weighted by Gasteiger charge is -2.29. The number of aromatic nitrogens is 1. The van der Waals surface area contributed by atoms with Crippen LogP contribution in [0.15, 0.2) is 24.3 Å². The molecule has 2 heterocycles. The maximum absolute atomic E-state index is 4.68. The van der Waals surface area contributed by atoms with Crippen molar-refractivity contribution in [2.24, 2.45) is 0 Å². The number of piperidine rings is 1. The van der Waals surface area contributed by atoms with Crippen LogP contribution >= 0.6 is 11.3 Å². The molecule has 1 fully saturated rings. The van der Waals surface area contributed by atoms with Gasteiger partial charge in [0.2, 0.25) is 0 Å². The van der Waals surface area contributed by atoms with Crippen LogP contribution in [0, 0.1) is 0 Å². The summed E-state index contributed by atoms with van der Waals surface area (Å²) in [6, 6.07) is 9.09. The molecule has 1 aliphatic rings. The van der Waals surface area contributed by atoms with Crippen molar-refractivity contribution in [2.45, 2.75) is 25.3 Å². The number of hydrogen-bond acceptors (Lipinski definition) is 4. The minimum atomic E-state index is 0.700. The van der Waals surface area contributed by atoms with E-state index >= 15 is 0 Å². The van der Waals surface area contributed by atoms with Gasteiger partial charge in [0, 0.05) is 19.0 Å². The Balaban J connectivity index is 1.49. The van der Waals surface area contributed by atoms with Crippen molar-refractivity contribution in [1.82, 2.24) is 15.2 Å². The predicted molar refractivity (Wildman–Crippen MR) is 81.8 cm³/mol.